The fourth-order valence-electron chi connectivity index (χ4n) is 2.88. The zero-order valence-electron chi connectivity index (χ0n) is 15.3. The Bertz CT molecular complexity index is 1210. The van der Waals surface area contributed by atoms with Crippen molar-refractivity contribution in [3.05, 3.63) is 82.4 Å². The molecule has 0 saturated carbocycles. The number of hydrogen-bond acceptors (Lipinski definition) is 6. The summed E-state index contributed by atoms with van der Waals surface area (Å²) in [4.78, 5) is 27.1. The maximum absolute atomic E-state index is 12.4. The van der Waals surface area contributed by atoms with Gasteiger partial charge in [-0.25, -0.2) is 4.98 Å². The summed E-state index contributed by atoms with van der Waals surface area (Å²) in [6, 6.07) is 17.9. The molecule has 3 aromatic carbocycles. The van der Waals surface area contributed by atoms with Crippen molar-refractivity contribution in [3.8, 4) is 17.2 Å². The molecule has 1 amide bonds. The Morgan fingerprint density at radius 2 is 1.86 bits per heavy atom. The minimum absolute atomic E-state index is 0.0755. The SMILES string of the molecule is COc1ccccc1-c1nc2ccc(NC(=O)c3ccc([N+](=O)[O-])cc3)cc2o1. The topological polar surface area (TPSA) is 108 Å². The van der Waals surface area contributed by atoms with Gasteiger partial charge in [0.25, 0.3) is 11.6 Å². The summed E-state index contributed by atoms with van der Waals surface area (Å²) in [6.45, 7) is 0. The first-order chi connectivity index (χ1) is 14.0. The fraction of sp³-hybridized carbons (Fsp3) is 0.0476. The zero-order valence-corrected chi connectivity index (χ0v) is 15.3. The molecule has 8 heteroatoms. The lowest BCUT2D eigenvalue weighted by Crippen LogP contribution is -2.11. The van der Waals surface area contributed by atoms with E-state index >= 15 is 0 Å². The Kier molecular flexibility index (Phi) is 4.66. The highest BCUT2D eigenvalue weighted by Gasteiger charge is 2.14. The molecule has 0 aliphatic rings. The molecule has 0 atom stereocenters. The van der Waals surface area contributed by atoms with Gasteiger partial charge in [0.05, 0.1) is 17.6 Å². The molecule has 1 heterocycles. The molecule has 0 bridgehead atoms. The number of nitro groups is 1. The van der Waals surface area contributed by atoms with E-state index < -0.39 is 4.92 Å². The van der Waals surface area contributed by atoms with Crippen LogP contribution in [0.25, 0.3) is 22.6 Å². The fourth-order valence-corrected chi connectivity index (χ4v) is 2.88. The van der Waals surface area contributed by atoms with E-state index in [1.165, 1.54) is 24.3 Å². The number of benzene rings is 3. The van der Waals surface area contributed by atoms with E-state index in [2.05, 4.69) is 10.3 Å². The molecular formula is C21H15N3O5. The van der Waals surface area contributed by atoms with Crippen LogP contribution in [0.2, 0.25) is 0 Å². The van der Waals surface area contributed by atoms with E-state index in [9.17, 15) is 14.9 Å². The van der Waals surface area contributed by atoms with Crippen molar-refractivity contribution in [2.75, 3.05) is 12.4 Å². The lowest BCUT2D eigenvalue weighted by Gasteiger charge is -2.04. The normalized spacial score (nSPS) is 10.7. The van der Waals surface area contributed by atoms with Gasteiger partial charge < -0.3 is 14.5 Å². The average Bonchev–Trinajstić information content (AvgIpc) is 3.17. The maximum Gasteiger partial charge on any atom is 0.269 e. The number of hydrogen-bond donors (Lipinski definition) is 1. The van der Waals surface area contributed by atoms with E-state index in [1.54, 1.807) is 25.3 Å². The van der Waals surface area contributed by atoms with Crippen molar-refractivity contribution in [2.24, 2.45) is 0 Å². The summed E-state index contributed by atoms with van der Waals surface area (Å²) >= 11 is 0. The largest absolute Gasteiger partial charge is 0.496 e. The Balaban J connectivity index is 1.59. The smallest absolute Gasteiger partial charge is 0.269 e. The predicted octanol–water partition coefficient (Wildman–Crippen LogP) is 4.66. The Hall–Kier alpha value is -4.20. The molecule has 4 rings (SSSR count). The van der Waals surface area contributed by atoms with Gasteiger partial charge in [-0.3, -0.25) is 14.9 Å². The van der Waals surface area contributed by atoms with Crippen LogP contribution in [0.5, 0.6) is 5.75 Å². The number of anilines is 1. The molecule has 144 valence electrons. The van der Waals surface area contributed by atoms with E-state index in [1.807, 2.05) is 24.3 Å². The first-order valence-electron chi connectivity index (χ1n) is 8.65. The van der Waals surface area contributed by atoms with Crippen LogP contribution in [0.1, 0.15) is 10.4 Å². The summed E-state index contributed by atoms with van der Waals surface area (Å²) in [5, 5.41) is 13.5. The molecule has 8 nitrogen and oxygen atoms in total. The third-order valence-electron chi connectivity index (χ3n) is 4.32. The van der Waals surface area contributed by atoms with E-state index in [4.69, 9.17) is 9.15 Å². The van der Waals surface area contributed by atoms with Gasteiger partial charge in [-0.05, 0) is 36.4 Å². The van der Waals surface area contributed by atoms with Gasteiger partial charge in [0.15, 0.2) is 5.58 Å². The first-order valence-corrected chi connectivity index (χ1v) is 8.65. The molecule has 29 heavy (non-hydrogen) atoms. The zero-order chi connectivity index (χ0) is 20.4. The Morgan fingerprint density at radius 3 is 2.59 bits per heavy atom. The molecule has 0 aliphatic heterocycles. The van der Waals surface area contributed by atoms with Crippen molar-refractivity contribution in [2.45, 2.75) is 0 Å². The van der Waals surface area contributed by atoms with Crippen LogP contribution < -0.4 is 10.1 Å². The molecular weight excluding hydrogens is 374 g/mol. The summed E-state index contributed by atoms with van der Waals surface area (Å²) in [5.74, 6) is 0.672. The number of nitro benzene ring substituents is 1. The maximum atomic E-state index is 12.4. The van der Waals surface area contributed by atoms with E-state index in [-0.39, 0.29) is 11.6 Å². The molecule has 0 radical (unpaired) electrons. The summed E-state index contributed by atoms with van der Waals surface area (Å²) < 4.78 is 11.2. The van der Waals surface area contributed by atoms with Gasteiger partial charge in [-0.15, -0.1) is 0 Å². The van der Waals surface area contributed by atoms with Gasteiger partial charge in [0.2, 0.25) is 5.89 Å². The standard InChI is InChI=1S/C21H15N3O5/c1-28-18-5-3-2-4-16(18)21-23-17-11-8-14(12-19(17)29-21)22-20(25)13-6-9-15(10-7-13)24(26)27/h2-12H,1H3,(H,22,25). The number of fused-ring (bicyclic) bond motifs is 1. The third-order valence-corrected chi connectivity index (χ3v) is 4.32. The van der Waals surface area contributed by atoms with E-state index in [0.717, 1.165) is 5.56 Å². The highest BCUT2D eigenvalue weighted by Crippen LogP contribution is 2.32. The minimum atomic E-state index is -0.515. The van der Waals surface area contributed by atoms with Gasteiger partial charge >= 0.3 is 0 Å². The van der Waals surface area contributed by atoms with Gasteiger partial charge in [0, 0.05) is 29.4 Å². The number of oxazole rings is 1. The summed E-state index contributed by atoms with van der Waals surface area (Å²) in [6.07, 6.45) is 0. The Labute approximate surface area is 164 Å². The number of para-hydroxylation sites is 1. The van der Waals surface area contributed by atoms with Gasteiger partial charge in [0.1, 0.15) is 11.3 Å². The summed E-state index contributed by atoms with van der Waals surface area (Å²) in [5.41, 5.74) is 2.62. The second kappa shape index (κ2) is 7.43. The number of amides is 1. The first kappa shape index (κ1) is 18.2. The second-order valence-electron chi connectivity index (χ2n) is 6.16. The average molecular weight is 389 g/mol. The third kappa shape index (κ3) is 3.63. The van der Waals surface area contributed by atoms with Crippen LogP contribution in [0.3, 0.4) is 0 Å². The molecule has 0 saturated heterocycles. The lowest BCUT2D eigenvalue weighted by molar-refractivity contribution is -0.384. The summed E-state index contributed by atoms with van der Waals surface area (Å²) in [7, 11) is 1.58. The van der Waals surface area contributed by atoms with Crippen molar-refractivity contribution in [1.29, 1.82) is 0 Å². The predicted molar refractivity (Wildman–Crippen MR) is 107 cm³/mol. The van der Waals surface area contributed by atoms with Crippen LogP contribution in [0.15, 0.2) is 71.1 Å². The van der Waals surface area contributed by atoms with Gasteiger partial charge in [-0.2, -0.15) is 0 Å². The van der Waals surface area contributed by atoms with Crippen LogP contribution in [0, 0.1) is 10.1 Å². The van der Waals surface area contributed by atoms with E-state index in [0.29, 0.717) is 34.0 Å². The quantitative estimate of drug-likeness (QED) is 0.393. The van der Waals surface area contributed by atoms with Crippen LogP contribution in [-0.2, 0) is 0 Å². The molecule has 0 spiro atoms. The van der Waals surface area contributed by atoms with Crippen LogP contribution in [0.4, 0.5) is 11.4 Å². The van der Waals surface area contributed by atoms with Gasteiger partial charge in [-0.1, -0.05) is 12.1 Å². The van der Waals surface area contributed by atoms with Crippen molar-refractivity contribution < 1.29 is 18.9 Å². The highest BCUT2D eigenvalue weighted by molar-refractivity contribution is 6.05. The number of nitrogens with one attached hydrogen (secondary N) is 1. The van der Waals surface area contributed by atoms with Crippen molar-refractivity contribution in [1.82, 2.24) is 4.98 Å². The minimum Gasteiger partial charge on any atom is -0.496 e. The molecule has 1 aromatic heterocycles. The molecule has 1 N–H and O–H groups in total. The van der Waals surface area contributed by atoms with Crippen molar-refractivity contribution in [3.63, 3.8) is 0 Å². The molecule has 0 fully saturated rings. The number of non-ortho nitro benzene ring substituents is 1. The number of carbonyl (C=O) groups is 1. The number of rotatable bonds is 5. The van der Waals surface area contributed by atoms with Crippen LogP contribution in [-0.4, -0.2) is 22.9 Å². The molecule has 0 aliphatic carbocycles. The molecule has 0 unspecified atom stereocenters. The number of methoxy groups -OCH3 is 1. The number of carbonyl (C=O) groups excluding carboxylic acids is 1. The monoisotopic (exact) mass is 389 g/mol. The lowest BCUT2D eigenvalue weighted by atomic mass is 10.2. The van der Waals surface area contributed by atoms with Crippen LogP contribution >= 0.6 is 0 Å². The Morgan fingerprint density at radius 1 is 1.10 bits per heavy atom. The number of ether oxygens (including phenoxy) is 1. The number of aromatic nitrogens is 1. The number of nitrogens with zero attached hydrogens (tertiary/aromatic N) is 2. The highest BCUT2D eigenvalue weighted by atomic mass is 16.6. The molecule has 4 aromatic rings. The second-order valence-corrected chi connectivity index (χ2v) is 6.16. The van der Waals surface area contributed by atoms with Crippen molar-refractivity contribution >= 4 is 28.4 Å².